The summed E-state index contributed by atoms with van der Waals surface area (Å²) in [5.74, 6) is 0.457. The van der Waals surface area contributed by atoms with E-state index < -0.39 is 0 Å². The highest BCUT2D eigenvalue weighted by Gasteiger charge is 2.23. The minimum absolute atomic E-state index is 0.0171. The number of nitrogen functional groups attached to an aromatic ring is 1. The molecule has 2 N–H and O–H groups in total. The molecule has 2 aromatic heterocycles. The molecule has 31 heavy (non-hydrogen) atoms. The number of aryl methyl sites for hydroxylation is 1. The third-order valence-corrected chi connectivity index (χ3v) is 6.05. The molecule has 4 rings (SSSR count). The van der Waals surface area contributed by atoms with Gasteiger partial charge in [-0.1, -0.05) is 24.6 Å². The van der Waals surface area contributed by atoms with Crippen molar-refractivity contribution >= 4 is 23.3 Å². The van der Waals surface area contributed by atoms with Crippen LogP contribution in [0.3, 0.4) is 0 Å². The molecular formula is C24H26ClN5O. The summed E-state index contributed by atoms with van der Waals surface area (Å²) in [6.45, 7) is 5.25. The Kier molecular flexibility index (Phi) is 6.20. The summed E-state index contributed by atoms with van der Waals surface area (Å²) >= 11 is 6.61. The van der Waals surface area contributed by atoms with Crippen LogP contribution in [-0.4, -0.2) is 58.9 Å². The molecule has 0 aliphatic carbocycles. The number of anilines is 1. The number of benzene rings is 1. The SMILES string of the molecule is CCc1nccc(-c2ccc(C(=O)N3CCN(C)CC3)c(Cl)c2)c1-c1ccc(N)nc1. The fourth-order valence-electron chi connectivity index (χ4n) is 3.93. The van der Waals surface area contributed by atoms with Crippen LogP contribution in [0.5, 0.6) is 0 Å². The van der Waals surface area contributed by atoms with Crippen molar-refractivity contribution in [1.82, 2.24) is 19.8 Å². The van der Waals surface area contributed by atoms with Gasteiger partial charge in [-0.05, 0) is 54.9 Å². The number of amides is 1. The minimum atomic E-state index is -0.0171. The van der Waals surface area contributed by atoms with Crippen molar-refractivity contribution in [3.05, 3.63) is 65.1 Å². The zero-order chi connectivity index (χ0) is 22.0. The van der Waals surface area contributed by atoms with Crippen LogP contribution in [0, 0.1) is 0 Å². The summed E-state index contributed by atoms with van der Waals surface area (Å²) in [5, 5.41) is 0.456. The molecular weight excluding hydrogens is 410 g/mol. The Bertz CT molecular complexity index is 1090. The third kappa shape index (κ3) is 4.40. The maximum Gasteiger partial charge on any atom is 0.255 e. The van der Waals surface area contributed by atoms with Crippen LogP contribution in [0.15, 0.2) is 48.8 Å². The van der Waals surface area contributed by atoms with Gasteiger partial charge in [-0.2, -0.15) is 0 Å². The molecule has 0 unspecified atom stereocenters. The lowest BCUT2D eigenvalue weighted by molar-refractivity contribution is 0.0664. The van der Waals surface area contributed by atoms with E-state index in [1.807, 2.05) is 35.2 Å². The Labute approximate surface area is 187 Å². The van der Waals surface area contributed by atoms with Crippen LogP contribution in [-0.2, 0) is 6.42 Å². The standard InChI is InChI=1S/C24H26ClN5O/c1-3-21-23(17-5-7-22(26)28-15-17)18(8-9-27-21)16-4-6-19(20(25)14-16)24(31)30-12-10-29(2)11-13-30/h4-9,14-15H,3,10-13H2,1-2H3,(H2,26,28). The number of aromatic nitrogens is 2. The van der Waals surface area contributed by atoms with Crippen molar-refractivity contribution in [2.45, 2.75) is 13.3 Å². The molecule has 0 radical (unpaired) electrons. The minimum Gasteiger partial charge on any atom is -0.384 e. The van der Waals surface area contributed by atoms with Crippen molar-refractivity contribution < 1.29 is 4.79 Å². The lowest BCUT2D eigenvalue weighted by Gasteiger charge is -2.32. The van der Waals surface area contributed by atoms with E-state index in [9.17, 15) is 4.79 Å². The number of halogens is 1. The number of likely N-dealkylation sites (N-methyl/N-ethyl adjacent to an activating group) is 1. The first-order valence-electron chi connectivity index (χ1n) is 10.5. The number of nitrogens with zero attached hydrogens (tertiary/aromatic N) is 4. The molecule has 0 saturated carbocycles. The number of hydrogen-bond acceptors (Lipinski definition) is 5. The summed E-state index contributed by atoms with van der Waals surface area (Å²) < 4.78 is 0. The molecule has 1 amide bonds. The molecule has 1 saturated heterocycles. The monoisotopic (exact) mass is 435 g/mol. The van der Waals surface area contributed by atoms with E-state index >= 15 is 0 Å². The van der Waals surface area contributed by atoms with E-state index in [-0.39, 0.29) is 5.91 Å². The Morgan fingerprint density at radius 2 is 1.81 bits per heavy atom. The van der Waals surface area contributed by atoms with E-state index in [2.05, 4.69) is 28.8 Å². The van der Waals surface area contributed by atoms with Gasteiger partial charge in [0.1, 0.15) is 5.82 Å². The molecule has 0 spiro atoms. The smallest absolute Gasteiger partial charge is 0.255 e. The molecule has 160 valence electrons. The zero-order valence-corrected chi connectivity index (χ0v) is 18.6. The molecule has 7 heteroatoms. The maximum atomic E-state index is 13.0. The van der Waals surface area contributed by atoms with Gasteiger partial charge in [0.25, 0.3) is 5.91 Å². The van der Waals surface area contributed by atoms with E-state index in [0.29, 0.717) is 29.5 Å². The van der Waals surface area contributed by atoms with Crippen molar-refractivity contribution in [2.24, 2.45) is 0 Å². The van der Waals surface area contributed by atoms with E-state index in [0.717, 1.165) is 47.5 Å². The van der Waals surface area contributed by atoms with E-state index in [4.69, 9.17) is 17.3 Å². The normalized spacial score (nSPS) is 14.6. The fraction of sp³-hybridized carbons (Fsp3) is 0.292. The number of pyridine rings is 2. The molecule has 1 aliphatic rings. The molecule has 1 fully saturated rings. The first-order valence-corrected chi connectivity index (χ1v) is 10.8. The first-order chi connectivity index (χ1) is 15.0. The van der Waals surface area contributed by atoms with Gasteiger partial charge in [0.2, 0.25) is 0 Å². The molecule has 0 bridgehead atoms. The van der Waals surface area contributed by atoms with E-state index in [1.165, 1.54) is 0 Å². The predicted octanol–water partition coefficient (Wildman–Crippen LogP) is 4.00. The maximum absolute atomic E-state index is 13.0. The first kappa shape index (κ1) is 21.3. The summed E-state index contributed by atoms with van der Waals surface area (Å²) in [5.41, 5.74) is 11.2. The topological polar surface area (TPSA) is 75.4 Å². The van der Waals surface area contributed by atoms with Crippen molar-refractivity contribution in [3.8, 4) is 22.3 Å². The Morgan fingerprint density at radius 3 is 2.45 bits per heavy atom. The van der Waals surface area contributed by atoms with Gasteiger partial charge in [0.05, 0.1) is 10.6 Å². The van der Waals surface area contributed by atoms with Gasteiger partial charge in [-0.25, -0.2) is 4.98 Å². The van der Waals surface area contributed by atoms with Crippen molar-refractivity contribution in [2.75, 3.05) is 39.0 Å². The Morgan fingerprint density at radius 1 is 1.06 bits per heavy atom. The number of piperazine rings is 1. The van der Waals surface area contributed by atoms with Gasteiger partial charge >= 0.3 is 0 Å². The second kappa shape index (κ2) is 9.04. The number of hydrogen-bond donors (Lipinski definition) is 1. The molecule has 3 heterocycles. The lowest BCUT2D eigenvalue weighted by Crippen LogP contribution is -2.47. The van der Waals surface area contributed by atoms with E-state index in [1.54, 1.807) is 18.5 Å². The highest BCUT2D eigenvalue weighted by atomic mass is 35.5. The average molecular weight is 436 g/mol. The molecule has 1 aromatic carbocycles. The summed E-state index contributed by atoms with van der Waals surface area (Å²) in [6, 6.07) is 11.4. The number of carbonyl (C=O) groups excluding carboxylic acids is 1. The number of nitrogens with two attached hydrogens (primary N) is 1. The van der Waals surface area contributed by atoms with Crippen LogP contribution in [0.25, 0.3) is 22.3 Å². The number of rotatable bonds is 4. The summed E-state index contributed by atoms with van der Waals surface area (Å²) in [4.78, 5) is 25.9. The Hall–Kier alpha value is -2.96. The van der Waals surface area contributed by atoms with Gasteiger partial charge in [-0.3, -0.25) is 9.78 Å². The molecule has 6 nitrogen and oxygen atoms in total. The summed E-state index contributed by atoms with van der Waals surface area (Å²) in [7, 11) is 2.07. The van der Waals surface area contributed by atoms with Crippen LogP contribution >= 0.6 is 11.6 Å². The highest BCUT2D eigenvalue weighted by Crippen LogP contribution is 2.36. The largest absolute Gasteiger partial charge is 0.384 e. The quantitative estimate of drug-likeness (QED) is 0.670. The molecule has 1 aliphatic heterocycles. The van der Waals surface area contributed by atoms with Gasteiger partial charge in [-0.15, -0.1) is 0 Å². The Balaban J connectivity index is 1.71. The molecule has 0 atom stereocenters. The van der Waals surface area contributed by atoms with Crippen LogP contribution in [0.2, 0.25) is 5.02 Å². The number of carbonyl (C=O) groups is 1. The predicted molar refractivity (Wildman–Crippen MR) is 125 cm³/mol. The van der Waals surface area contributed by atoms with Gasteiger partial charge in [0, 0.05) is 55.4 Å². The van der Waals surface area contributed by atoms with Crippen LogP contribution < -0.4 is 5.73 Å². The van der Waals surface area contributed by atoms with Gasteiger partial charge in [0.15, 0.2) is 0 Å². The zero-order valence-electron chi connectivity index (χ0n) is 17.8. The second-order valence-electron chi connectivity index (χ2n) is 7.80. The van der Waals surface area contributed by atoms with Crippen LogP contribution in [0.4, 0.5) is 5.82 Å². The lowest BCUT2D eigenvalue weighted by atomic mass is 9.93. The third-order valence-electron chi connectivity index (χ3n) is 5.74. The fourth-order valence-corrected chi connectivity index (χ4v) is 4.19. The van der Waals surface area contributed by atoms with Crippen molar-refractivity contribution in [3.63, 3.8) is 0 Å². The average Bonchev–Trinajstić information content (AvgIpc) is 2.79. The summed E-state index contributed by atoms with van der Waals surface area (Å²) in [6.07, 6.45) is 4.35. The molecule has 3 aromatic rings. The van der Waals surface area contributed by atoms with Crippen molar-refractivity contribution in [1.29, 1.82) is 0 Å². The van der Waals surface area contributed by atoms with Gasteiger partial charge < -0.3 is 15.5 Å². The second-order valence-corrected chi connectivity index (χ2v) is 8.20. The van der Waals surface area contributed by atoms with Crippen LogP contribution in [0.1, 0.15) is 23.0 Å². The highest BCUT2D eigenvalue weighted by molar-refractivity contribution is 6.34.